The predicted molar refractivity (Wildman–Crippen MR) is 102 cm³/mol. The third-order valence-electron chi connectivity index (χ3n) is 3.73. The maximum atomic E-state index is 12.4. The summed E-state index contributed by atoms with van der Waals surface area (Å²) in [6.07, 6.45) is 1.07. The Bertz CT molecular complexity index is 738. The molecule has 3 atom stereocenters. The lowest BCUT2D eigenvalue weighted by atomic mass is 10.2. The van der Waals surface area contributed by atoms with E-state index in [4.69, 9.17) is 0 Å². The molecule has 0 saturated carbocycles. The molecule has 2 aromatic carbocycles. The number of rotatable bonds is 9. The van der Waals surface area contributed by atoms with Gasteiger partial charge < -0.3 is 10.2 Å². The van der Waals surface area contributed by atoms with Crippen LogP contribution in [-0.4, -0.2) is 49.4 Å². The van der Waals surface area contributed by atoms with Crippen LogP contribution in [-0.2, 0) is 26.7 Å². The van der Waals surface area contributed by atoms with Crippen LogP contribution >= 0.6 is 0 Å². The normalized spacial score (nSPS) is 15.5. The minimum absolute atomic E-state index is 0.112. The van der Waals surface area contributed by atoms with Crippen molar-refractivity contribution < 1.29 is 18.6 Å². The van der Waals surface area contributed by atoms with Crippen molar-refractivity contribution in [2.75, 3.05) is 18.6 Å². The first-order chi connectivity index (χ1) is 11.9. The molecule has 7 heteroatoms. The van der Waals surface area contributed by atoms with Gasteiger partial charge in [0, 0.05) is 5.56 Å². The fourth-order valence-corrected chi connectivity index (χ4v) is 5.41. The predicted octanol–water partition coefficient (Wildman–Crippen LogP) is 1.13. The van der Waals surface area contributed by atoms with Crippen molar-refractivity contribution in [2.24, 2.45) is 0 Å². The van der Waals surface area contributed by atoms with E-state index in [0.29, 0.717) is 5.75 Å². The summed E-state index contributed by atoms with van der Waals surface area (Å²) in [4.78, 5) is 0.112. The molecule has 0 aromatic heterocycles. The molecule has 25 heavy (non-hydrogen) atoms. The van der Waals surface area contributed by atoms with Crippen molar-refractivity contribution in [1.29, 1.82) is 0 Å². The first-order valence-electron chi connectivity index (χ1n) is 7.92. The van der Waals surface area contributed by atoms with Crippen LogP contribution in [0.1, 0.15) is 5.56 Å². The lowest BCUT2D eigenvalue weighted by molar-refractivity contribution is 0.118. The van der Waals surface area contributed by atoms with Crippen LogP contribution in [0.15, 0.2) is 65.6 Å². The largest absolute Gasteiger partial charge is 0.395 e. The van der Waals surface area contributed by atoms with E-state index in [1.54, 1.807) is 18.2 Å². The molecule has 0 spiro atoms. The first-order valence-corrected chi connectivity index (χ1v) is 11.4. The molecule has 0 bridgehead atoms. The molecule has 0 aliphatic heterocycles. The van der Waals surface area contributed by atoms with Gasteiger partial charge in [-0.3, -0.25) is 0 Å². The molecule has 136 valence electrons. The van der Waals surface area contributed by atoms with Gasteiger partial charge in [0.15, 0.2) is 0 Å². The molecule has 2 aromatic rings. The van der Waals surface area contributed by atoms with E-state index in [-0.39, 0.29) is 15.8 Å². The van der Waals surface area contributed by atoms with Gasteiger partial charge in [0.05, 0.1) is 23.8 Å². The maximum Gasteiger partial charge on any atom is 0.240 e. The summed E-state index contributed by atoms with van der Waals surface area (Å²) in [6, 6.07) is 16.9. The van der Waals surface area contributed by atoms with Crippen LogP contribution < -0.4 is 4.72 Å². The zero-order chi connectivity index (χ0) is 18.3. The molecule has 3 unspecified atom stereocenters. The van der Waals surface area contributed by atoms with E-state index in [0.717, 1.165) is 5.75 Å². The van der Waals surface area contributed by atoms with E-state index in [2.05, 4.69) is 4.72 Å². The Kier molecular flexibility index (Phi) is 7.46. The molecule has 0 amide bonds. The van der Waals surface area contributed by atoms with E-state index in [9.17, 15) is 18.6 Å². The van der Waals surface area contributed by atoms with Crippen LogP contribution in [0.25, 0.3) is 0 Å². The van der Waals surface area contributed by atoms with E-state index in [1.165, 1.54) is 17.7 Å². The summed E-state index contributed by atoms with van der Waals surface area (Å²) in [5.74, 6) is 1.22. The van der Waals surface area contributed by atoms with Crippen molar-refractivity contribution in [3.05, 3.63) is 66.2 Å². The third-order valence-corrected chi connectivity index (χ3v) is 6.97. The monoisotopic (exact) mass is 382 g/mol. The number of hydrogen-bond acceptors (Lipinski definition) is 4. The van der Waals surface area contributed by atoms with Gasteiger partial charge in [-0.1, -0.05) is 48.5 Å². The van der Waals surface area contributed by atoms with Crippen molar-refractivity contribution in [1.82, 2.24) is 4.72 Å². The van der Waals surface area contributed by atoms with Gasteiger partial charge in [0.25, 0.3) is 0 Å². The highest BCUT2D eigenvalue weighted by molar-refractivity contribution is 7.95. The zero-order valence-corrected chi connectivity index (χ0v) is 15.7. The number of hydrogen-bond donors (Lipinski definition) is 3. The fraction of sp³-hybridized carbons (Fsp3) is 0.333. The summed E-state index contributed by atoms with van der Waals surface area (Å²) in [7, 11) is -3.92. The summed E-state index contributed by atoms with van der Waals surface area (Å²) in [5, 5.41) is 19.9. The molecule has 3 N–H and O–H groups in total. The second kappa shape index (κ2) is 9.35. The minimum Gasteiger partial charge on any atom is -0.395 e. The molecule has 0 aliphatic rings. The standard InChI is InChI=1S/C18H24NO4S2/c1-24(13-15-8-4-2-5-9-15)14-18(21)17(12-20)19-25(22,23)16-10-6-3-7-11-16/h2-11,17-21H,12-14H2,1H3/q+1. The third kappa shape index (κ3) is 6.13. The Morgan fingerprint density at radius 2 is 1.60 bits per heavy atom. The summed E-state index contributed by atoms with van der Waals surface area (Å²) in [6.45, 7) is -0.463. The molecule has 5 nitrogen and oxygen atoms in total. The van der Waals surface area contributed by atoms with Gasteiger partial charge in [-0.2, -0.15) is 0 Å². The van der Waals surface area contributed by atoms with Gasteiger partial charge in [-0.15, -0.1) is 0 Å². The van der Waals surface area contributed by atoms with Crippen LogP contribution in [0, 0.1) is 0 Å². The quantitative estimate of drug-likeness (QED) is 0.568. The molecule has 0 aliphatic carbocycles. The Morgan fingerprint density at radius 1 is 1.04 bits per heavy atom. The number of benzene rings is 2. The van der Waals surface area contributed by atoms with Crippen molar-refractivity contribution in [3.63, 3.8) is 0 Å². The molecule has 0 radical (unpaired) electrons. The molecule has 0 heterocycles. The Balaban J connectivity index is 1.97. The van der Waals surface area contributed by atoms with Crippen molar-refractivity contribution >= 4 is 20.9 Å². The van der Waals surface area contributed by atoms with E-state index >= 15 is 0 Å². The average Bonchev–Trinajstić information content (AvgIpc) is 2.61. The van der Waals surface area contributed by atoms with Gasteiger partial charge in [0.2, 0.25) is 10.0 Å². The zero-order valence-electron chi connectivity index (χ0n) is 14.1. The van der Waals surface area contributed by atoms with Gasteiger partial charge >= 0.3 is 0 Å². The highest BCUT2D eigenvalue weighted by atomic mass is 32.2. The number of aliphatic hydroxyl groups is 2. The minimum atomic E-state index is -3.78. The van der Waals surface area contributed by atoms with Crippen LogP contribution in [0.2, 0.25) is 0 Å². The SMILES string of the molecule is C[S+](Cc1ccccc1)CC(O)C(CO)NS(=O)(=O)c1ccccc1. The van der Waals surface area contributed by atoms with Crippen LogP contribution in [0.4, 0.5) is 0 Å². The second-order valence-corrected chi connectivity index (χ2v) is 9.77. The molecule has 0 fully saturated rings. The fourth-order valence-electron chi connectivity index (χ4n) is 2.43. The number of nitrogens with one attached hydrogen (secondary N) is 1. The highest BCUT2D eigenvalue weighted by Gasteiger charge is 2.29. The Hall–Kier alpha value is -1.38. The molecular weight excluding hydrogens is 358 g/mol. The number of sulfonamides is 1. The van der Waals surface area contributed by atoms with Crippen molar-refractivity contribution in [2.45, 2.75) is 22.8 Å². The van der Waals surface area contributed by atoms with Crippen LogP contribution in [0.5, 0.6) is 0 Å². The number of aliphatic hydroxyl groups excluding tert-OH is 2. The van der Waals surface area contributed by atoms with Gasteiger partial charge in [0.1, 0.15) is 17.6 Å². The Labute approximate surface area is 152 Å². The lowest BCUT2D eigenvalue weighted by Gasteiger charge is -2.21. The summed E-state index contributed by atoms with van der Waals surface area (Å²) in [5.41, 5.74) is 1.17. The smallest absolute Gasteiger partial charge is 0.240 e. The second-order valence-electron chi connectivity index (χ2n) is 5.87. The van der Waals surface area contributed by atoms with E-state index < -0.39 is 28.8 Å². The maximum absolute atomic E-state index is 12.4. The van der Waals surface area contributed by atoms with E-state index in [1.807, 2.05) is 36.6 Å². The molecular formula is C18H24NO4S2+. The highest BCUT2D eigenvalue weighted by Crippen LogP contribution is 2.12. The average molecular weight is 383 g/mol. The van der Waals surface area contributed by atoms with Gasteiger partial charge in [-0.25, -0.2) is 13.1 Å². The lowest BCUT2D eigenvalue weighted by Crippen LogP contribution is -2.48. The Morgan fingerprint density at radius 3 is 2.16 bits per heavy atom. The summed E-state index contributed by atoms with van der Waals surface area (Å²) >= 11 is 0. The molecule has 0 saturated heterocycles. The van der Waals surface area contributed by atoms with Crippen LogP contribution in [0.3, 0.4) is 0 Å². The van der Waals surface area contributed by atoms with Crippen molar-refractivity contribution in [3.8, 4) is 0 Å². The molecule has 2 rings (SSSR count). The first kappa shape index (κ1) is 19.9. The van der Waals surface area contributed by atoms with Gasteiger partial charge in [-0.05, 0) is 23.0 Å². The topological polar surface area (TPSA) is 86.6 Å². The summed E-state index contributed by atoms with van der Waals surface area (Å²) < 4.78 is 27.1.